The number of aromatic nitrogens is 4. The average Bonchev–Trinajstić information content (AvgIpc) is 2.93. The zero-order valence-corrected chi connectivity index (χ0v) is 20.8. The monoisotopic (exact) mass is 508 g/mol. The van der Waals surface area contributed by atoms with Crippen LogP contribution in [0, 0.1) is 12.7 Å². The lowest BCUT2D eigenvalue weighted by Crippen LogP contribution is -2.41. The van der Waals surface area contributed by atoms with Crippen molar-refractivity contribution in [3.63, 3.8) is 0 Å². The van der Waals surface area contributed by atoms with Crippen molar-refractivity contribution >= 4 is 33.7 Å². The predicted octanol–water partition coefficient (Wildman–Crippen LogP) is 4.51. The molecule has 1 amide bonds. The van der Waals surface area contributed by atoms with Gasteiger partial charge in [0.1, 0.15) is 17.2 Å². The van der Waals surface area contributed by atoms with Gasteiger partial charge in [-0.25, -0.2) is 14.4 Å². The normalized spacial score (nSPS) is 14.3. The highest BCUT2D eigenvalue weighted by Gasteiger charge is 2.27. The third kappa shape index (κ3) is 4.15. The fraction of sp³-hybridized carbons (Fsp3) is 0.207. The number of nitrogens with zero attached hydrogens (tertiary/aromatic N) is 5. The lowest BCUT2D eigenvalue weighted by Gasteiger charge is -2.33. The summed E-state index contributed by atoms with van der Waals surface area (Å²) < 4.78 is 16.8. The van der Waals surface area contributed by atoms with Crippen LogP contribution in [0.2, 0.25) is 0 Å². The van der Waals surface area contributed by atoms with Crippen molar-refractivity contribution in [2.45, 2.75) is 25.8 Å². The van der Waals surface area contributed by atoms with E-state index >= 15 is 4.39 Å². The van der Waals surface area contributed by atoms with E-state index in [4.69, 9.17) is 5.73 Å². The van der Waals surface area contributed by atoms with Gasteiger partial charge in [0, 0.05) is 53.5 Å². The maximum atomic E-state index is 15.1. The third-order valence-electron chi connectivity index (χ3n) is 7.18. The molecule has 6 rings (SSSR count). The number of benzene rings is 2. The molecule has 2 aromatic carbocycles. The molecule has 0 aliphatic carbocycles. The summed E-state index contributed by atoms with van der Waals surface area (Å²) in [7, 11) is 0. The number of anilines is 1. The number of aryl methyl sites for hydroxylation is 1. The number of halogens is 1. The summed E-state index contributed by atoms with van der Waals surface area (Å²) in [5.74, 6) is -0.116. The Hall–Kier alpha value is -4.66. The molecule has 1 aliphatic heterocycles. The van der Waals surface area contributed by atoms with E-state index < -0.39 is 5.82 Å². The molecule has 38 heavy (non-hydrogen) atoms. The van der Waals surface area contributed by atoms with Crippen LogP contribution in [-0.2, 0) is 0 Å². The van der Waals surface area contributed by atoms with Crippen LogP contribution in [0.25, 0.3) is 33.1 Å². The zero-order valence-electron chi connectivity index (χ0n) is 20.8. The number of nitrogens with two attached hydrogens (primary N) is 1. The molecule has 9 heteroatoms. The largest absolute Gasteiger partial charge is 0.384 e. The van der Waals surface area contributed by atoms with Gasteiger partial charge in [-0.3, -0.25) is 14.6 Å². The van der Waals surface area contributed by atoms with Gasteiger partial charge in [0.15, 0.2) is 0 Å². The van der Waals surface area contributed by atoms with Gasteiger partial charge in [0.25, 0.3) is 11.5 Å². The molecule has 3 aromatic heterocycles. The van der Waals surface area contributed by atoms with Gasteiger partial charge in [-0.1, -0.05) is 17.7 Å². The van der Waals surface area contributed by atoms with E-state index in [9.17, 15) is 9.59 Å². The first-order valence-corrected chi connectivity index (χ1v) is 12.5. The fourth-order valence-corrected chi connectivity index (χ4v) is 5.27. The average molecular weight is 509 g/mol. The second-order valence-electron chi connectivity index (χ2n) is 9.67. The van der Waals surface area contributed by atoms with Crippen molar-refractivity contribution in [3.8, 4) is 11.1 Å². The van der Waals surface area contributed by atoms with E-state index in [1.165, 1.54) is 18.5 Å². The summed E-state index contributed by atoms with van der Waals surface area (Å²) in [4.78, 5) is 40.9. The maximum Gasteiger partial charge on any atom is 0.269 e. The molecule has 0 unspecified atom stereocenters. The van der Waals surface area contributed by atoms with Gasteiger partial charge in [0.05, 0.1) is 23.4 Å². The Morgan fingerprint density at radius 3 is 2.50 bits per heavy atom. The van der Waals surface area contributed by atoms with Crippen LogP contribution in [0.3, 0.4) is 0 Å². The number of fused-ring (bicyclic) bond motifs is 3. The van der Waals surface area contributed by atoms with Gasteiger partial charge >= 0.3 is 0 Å². The van der Waals surface area contributed by atoms with Crippen molar-refractivity contribution in [1.82, 2.24) is 24.4 Å². The van der Waals surface area contributed by atoms with Crippen LogP contribution >= 0.6 is 0 Å². The molecule has 1 aliphatic rings. The Morgan fingerprint density at radius 1 is 0.974 bits per heavy atom. The van der Waals surface area contributed by atoms with Crippen LogP contribution in [0.4, 0.5) is 10.2 Å². The minimum atomic E-state index is -0.448. The zero-order chi connectivity index (χ0) is 26.4. The summed E-state index contributed by atoms with van der Waals surface area (Å²) >= 11 is 0. The molecule has 1 fully saturated rings. The first kappa shape index (κ1) is 23.7. The topological polar surface area (TPSA) is 107 Å². The molecular formula is C29H25FN6O2. The lowest BCUT2D eigenvalue weighted by molar-refractivity contribution is 0.0695. The number of hydrogen-bond acceptors (Lipinski definition) is 6. The summed E-state index contributed by atoms with van der Waals surface area (Å²) in [6.45, 7) is 3.01. The molecule has 0 bridgehead atoms. The Labute approximate surface area is 217 Å². The van der Waals surface area contributed by atoms with E-state index in [0.717, 1.165) is 5.56 Å². The summed E-state index contributed by atoms with van der Waals surface area (Å²) in [5, 5.41) is 0.624. The fourth-order valence-electron chi connectivity index (χ4n) is 5.27. The van der Waals surface area contributed by atoms with E-state index in [1.807, 2.05) is 36.1 Å². The highest BCUT2D eigenvalue weighted by Crippen LogP contribution is 2.33. The van der Waals surface area contributed by atoms with Crippen molar-refractivity contribution in [1.29, 1.82) is 0 Å². The highest BCUT2D eigenvalue weighted by atomic mass is 19.1. The number of rotatable bonds is 3. The van der Waals surface area contributed by atoms with Crippen molar-refractivity contribution < 1.29 is 9.18 Å². The highest BCUT2D eigenvalue weighted by molar-refractivity contribution is 6.03. The van der Waals surface area contributed by atoms with Gasteiger partial charge in [0.2, 0.25) is 0 Å². The Balaban J connectivity index is 1.40. The SMILES string of the molecule is Cc1cccc(C(=O)N2CCC(n3c(=O)cnc4cnc5cc(F)c(-c6ccc(N)nc6)cc5c43)CC2)c1. The molecule has 8 nitrogen and oxygen atoms in total. The number of piperidine rings is 1. The molecule has 190 valence electrons. The Morgan fingerprint density at radius 2 is 1.76 bits per heavy atom. The van der Waals surface area contributed by atoms with E-state index in [-0.39, 0.29) is 17.5 Å². The van der Waals surface area contributed by atoms with E-state index in [1.54, 1.807) is 29.0 Å². The van der Waals surface area contributed by atoms with E-state index in [2.05, 4.69) is 15.0 Å². The first-order valence-electron chi connectivity index (χ1n) is 12.5. The van der Waals surface area contributed by atoms with Gasteiger partial charge in [-0.15, -0.1) is 0 Å². The van der Waals surface area contributed by atoms with E-state index in [0.29, 0.717) is 70.4 Å². The second kappa shape index (κ2) is 9.33. The molecule has 0 radical (unpaired) electrons. The molecule has 0 spiro atoms. The number of amides is 1. The number of carbonyl (C=O) groups excluding carboxylic acids is 1. The van der Waals surface area contributed by atoms with Crippen LogP contribution < -0.4 is 11.3 Å². The van der Waals surface area contributed by atoms with Crippen LogP contribution in [0.15, 0.2) is 71.9 Å². The Bertz CT molecular complexity index is 1760. The molecule has 2 N–H and O–H groups in total. The first-order chi connectivity index (χ1) is 18.4. The van der Waals surface area contributed by atoms with Crippen LogP contribution in [-0.4, -0.2) is 43.4 Å². The smallest absolute Gasteiger partial charge is 0.269 e. The summed E-state index contributed by atoms with van der Waals surface area (Å²) in [5.41, 5.74) is 9.64. The summed E-state index contributed by atoms with van der Waals surface area (Å²) in [6.07, 6.45) is 5.60. The van der Waals surface area contributed by atoms with Crippen molar-refractivity contribution in [2.24, 2.45) is 0 Å². The van der Waals surface area contributed by atoms with Gasteiger partial charge in [-0.2, -0.15) is 0 Å². The summed E-state index contributed by atoms with van der Waals surface area (Å²) in [6, 6.07) is 13.8. The van der Waals surface area contributed by atoms with Gasteiger partial charge in [-0.05, 0) is 50.1 Å². The second-order valence-corrected chi connectivity index (χ2v) is 9.67. The van der Waals surface area contributed by atoms with Crippen molar-refractivity contribution in [3.05, 3.63) is 94.4 Å². The predicted molar refractivity (Wildman–Crippen MR) is 144 cm³/mol. The molecule has 0 atom stereocenters. The number of hydrogen-bond donors (Lipinski definition) is 1. The van der Waals surface area contributed by atoms with Crippen LogP contribution in [0.5, 0.6) is 0 Å². The minimum absolute atomic E-state index is 0.00837. The quantitative estimate of drug-likeness (QED) is 0.359. The standard InChI is InChI=1S/C29H25FN6O2/c1-17-3-2-4-18(11-17)29(38)35-9-7-20(8-10-35)36-27(37)16-33-25-15-32-24-13-23(30)21(12-22(24)28(25)36)19-5-6-26(31)34-14-19/h2-6,11-16,20H,7-10H2,1H3,(H2,31,34). The Kier molecular flexibility index (Phi) is 5.83. The molecule has 5 aromatic rings. The van der Waals surface area contributed by atoms with Gasteiger partial charge < -0.3 is 15.2 Å². The number of carbonyl (C=O) groups is 1. The molecule has 0 saturated carbocycles. The minimum Gasteiger partial charge on any atom is -0.384 e. The molecule has 1 saturated heterocycles. The lowest BCUT2D eigenvalue weighted by atomic mass is 10.0. The molecular weight excluding hydrogens is 483 g/mol. The number of nitrogen functional groups attached to an aromatic ring is 1. The third-order valence-corrected chi connectivity index (χ3v) is 7.18. The molecule has 4 heterocycles. The number of likely N-dealkylation sites (tertiary alicyclic amines) is 1. The maximum absolute atomic E-state index is 15.1. The van der Waals surface area contributed by atoms with Crippen molar-refractivity contribution in [2.75, 3.05) is 18.8 Å². The number of pyridine rings is 2. The van der Waals surface area contributed by atoms with Crippen LogP contribution in [0.1, 0.15) is 34.8 Å².